The average molecular weight is 387 g/mol. The first-order valence-corrected chi connectivity index (χ1v) is 9.99. The smallest absolute Gasteiger partial charge is 0.306 e. The van der Waals surface area contributed by atoms with Crippen LogP contribution in [0.2, 0.25) is 0 Å². The van der Waals surface area contributed by atoms with Crippen LogP contribution in [-0.4, -0.2) is 76.9 Å². The van der Waals surface area contributed by atoms with Crippen molar-refractivity contribution >= 4 is 17.8 Å². The van der Waals surface area contributed by atoms with E-state index < -0.39 is 5.97 Å². The topological polar surface area (TPSA) is 81.2 Å². The van der Waals surface area contributed by atoms with Crippen LogP contribution in [0.1, 0.15) is 31.2 Å². The summed E-state index contributed by atoms with van der Waals surface area (Å²) in [5, 5.41) is 9.07. The summed E-state index contributed by atoms with van der Waals surface area (Å²) in [5.41, 5.74) is 1.18. The molecule has 0 radical (unpaired) electrons. The van der Waals surface area contributed by atoms with Crippen molar-refractivity contribution in [2.45, 2.75) is 38.3 Å². The number of carboxylic acid groups (broad SMARTS) is 1. The van der Waals surface area contributed by atoms with E-state index >= 15 is 0 Å². The molecular formula is C21H29N3O4. The number of carboxylic acids is 1. The van der Waals surface area contributed by atoms with E-state index in [9.17, 15) is 14.4 Å². The van der Waals surface area contributed by atoms with Crippen molar-refractivity contribution in [3.8, 4) is 0 Å². The molecule has 28 heavy (non-hydrogen) atoms. The first kappa shape index (κ1) is 20.3. The first-order valence-electron chi connectivity index (χ1n) is 9.99. The van der Waals surface area contributed by atoms with Crippen molar-refractivity contribution in [3.05, 3.63) is 35.9 Å². The van der Waals surface area contributed by atoms with E-state index in [1.165, 1.54) is 10.5 Å². The highest BCUT2D eigenvalue weighted by Gasteiger charge is 2.34. The minimum atomic E-state index is -0.792. The summed E-state index contributed by atoms with van der Waals surface area (Å²) >= 11 is 0. The quantitative estimate of drug-likeness (QED) is 0.799. The molecule has 1 unspecified atom stereocenters. The van der Waals surface area contributed by atoms with E-state index in [2.05, 4.69) is 17.0 Å². The Kier molecular flexibility index (Phi) is 6.67. The fraction of sp³-hybridized carbons (Fsp3) is 0.571. The van der Waals surface area contributed by atoms with Crippen LogP contribution in [0.4, 0.5) is 0 Å². The molecular weight excluding hydrogens is 358 g/mol. The number of hydrogen-bond donors (Lipinski definition) is 1. The summed E-state index contributed by atoms with van der Waals surface area (Å²) < 4.78 is 0. The zero-order chi connectivity index (χ0) is 20.1. The molecule has 7 heteroatoms. The second-order valence-electron chi connectivity index (χ2n) is 7.80. The molecule has 0 aromatic heterocycles. The van der Waals surface area contributed by atoms with Crippen LogP contribution in [0.25, 0.3) is 0 Å². The van der Waals surface area contributed by atoms with Crippen LogP contribution >= 0.6 is 0 Å². The van der Waals surface area contributed by atoms with Gasteiger partial charge in [0.05, 0.1) is 18.5 Å². The number of piperidine rings is 1. The van der Waals surface area contributed by atoms with Crippen molar-refractivity contribution in [3.63, 3.8) is 0 Å². The summed E-state index contributed by atoms with van der Waals surface area (Å²) in [7, 11) is 1.68. The van der Waals surface area contributed by atoms with E-state index in [1.54, 1.807) is 11.9 Å². The highest BCUT2D eigenvalue weighted by molar-refractivity contribution is 5.87. The molecule has 7 nitrogen and oxygen atoms in total. The molecule has 2 aliphatic rings. The zero-order valence-corrected chi connectivity index (χ0v) is 16.4. The van der Waals surface area contributed by atoms with Gasteiger partial charge in [0.15, 0.2) is 0 Å². The summed E-state index contributed by atoms with van der Waals surface area (Å²) in [4.78, 5) is 41.9. The monoisotopic (exact) mass is 387 g/mol. The van der Waals surface area contributed by atoms with Gasteiger partial charge in [0.1, 0.15) is 0 Å². The maximum absolute atomic E-state index is 12.9. The standard InChI is InChI=1S/C21H29N3O4/c1-22(15-19(25)23-12-9-17(10-13-23)21(27)28)20(26)18-8-5-11-24(18)14-16-6-3-2-4-7-16/h2-4,6-7,17-18H,5,8-15H2,1H3,(H,27,28). The number of carbonyl (C=O) groups excluding carboxylic acids is 2. The van der Waals surface area contributed by atoms with Gasteiger partial charge in [0, 0.05) is 26.7 Å². The molecule has 1 atom stereocenters. The van der Waals surface area contributed by atoms with Crippen LogP contribution in [0.15, 0.2) is 30.3 Å². The number of benzene rings is 1. The third kappa shape index (κ3) is 4.90. The Labute approximate surface area is 165 Å². The predicted octanol–water partition coefficient (Wildman–Crippen LogP) is 1.43. The van der Waals surface area contributed by atoms with Gasteiger partial charge in [-0.3, -0.25) is 19.3 Å². The number of carbonyl (C=O) groups is 3. The Morgan fingerprint density at radius 1 is 1.07 bits per heavy atom. The Hall–Kier alpha value is -2.41. The Bertz CT molecular complexity index is 701. The summed E-state index contributed by atoms with van der Waals surface area (Å²) in [6.07, 6.45) is 2.75. The van der Waals surface area contributed by atoms with Gasteiger partial charge in [-0.15, -0.1) is 0 Å². The molecule has 1 N–H and O–H groups in total. The van der Waals surface area contributed by atoms with Crippen molar-refractivity contribution in [2.75, 3.05) is 33.2 Å². The molecule has 2 aliphatic heterocycles. The number of nitrogens with zero attached hydrogens (tertiary/aromatic N) is 3. The summed E-state index contributed by atoms with van der Waals surface area (Å²) in [6.45, 7) is 2.56. The highest BCUT2D eigenvalue weighted by Crippen LogP contribution is 2.22. The third-order valence-electron chi connectivity index (χ3n) is 5.82. The zero-order valence-electron chi connectivity index (χ0n) is 16.4. The van der Waals surface area contributed by atoms with Crippen LogP contribution in [-0.2, 0) is 20.9 Å². The summed E-state index contributed by atoms with van der Waals surface area (Å²) in [5.74, 6) is -1.28. The second kappa shape index (κ2) is 9.19. The lowest BCUT2D eigenvalue weighted by atomic mass is 9.97. The number of amides is 2. The molecule has 2 heterocycles. The number of likely N-dealkylation sites (tertiary alicyclic amines) is 2. The Morgan fingerprint density at radius 2 is 1.75 bits per heavy atom. The molecule has 3 rings (SSSR count). The highest BCUT2D eigenvalue weighted by atomic mass is 16.4. The fourth-order valence-electron chi connectivity index (χ4n) is 4.12. The van der Waals surface area contributed by atoms with Gasteiger partial charge in [-0.2, -0.15) is 0 Å². The van der Waals surface area contributed by atoms with Crippen molar-refractivity contribution in [1.29, 1.82) is 0 Å². The second-order valence-corrected chi connectivity index (χ2v) is 7.80. The van der Waals surface area contributed by atoms with Crippen LogP contribution in [0, 0.1) is 5.92 Å². The van der Waals surface area contributed by atoms with Crippen LogP contribution in [0.3, 0.4) is 0 Å². The lowest BCUT2D eigenvalue weighted by molar-refractivity contribution is -0.147. The molecule has 2 amide bonds. The minimum Gasteiger partial charge on any atom is -0.481 e. The van der Waals surface area contributed by atoms with E-state index in [4.69, 9.17) is 5.11 Å². The van der Waals surface area contributed by atoms with Gasteiger partial charge in [-0.05, 0) is 37.8 Å². The van der Waals surface area contributed by atoms with Gasteiger partial charge in [0.25, 0.3) is 0 Å². The van der Waals surface area contributed by atoms with E-state index in [0.29, 0.717) is 25.9 Å². The Morgan fingerprint density at radius 3 is 2.39 bits per heavy atom. The van der Waals surface area contributed by atoms with Crippen molar-refractivity contribution < 1.29 is 19.5 Å². The fourth-order valence-corrected chi connectivity index (χ4v) is 4.12. The van der Waals surface area contributed by atoms with E-state index in [-0.39, 0.29) is 30.3 Å². The van der Waals surface area contributed by atoms with Gasteiger partial charge in [-0.25, -0.2) is 0 Å². The molecule has 2 saturated heterocycles. The minimum absolute atomic E-state index is 0.0118. The number of aliphatic carboxylic acids is 1. The maximum atomic E-state index is 12.9. The molecule has 0 saturated carbocycles. The lowest BCUT2D eigenvalue weighted by Crippen LogP contribution is -2.49. The maximum Gasteiger partial charge on any atom is 0.306 e. The van der Waals surface area contributed by atoms with Gasteiger partial charge < -0.3 is 14.9 Å². The molecule has 0 spiro atoms. The van der Waals surface area contributed by atoms with Crippen LogP contribution < -0.4 is 0 Å². The molecule has 1 aromatic carbocycles. The molecule has 1 aromatic rings. The average Bonchev–Trinajstić information content (AvgIpc) is 3.16. The third-order valence-corrected chi connectivity index (χ3v) is 5.82. The summed E-state index contributed by atoms with van der Waals surface area (Å²) in [6, 6.07) is 9.92. The number of hydrogen-bond acceptors (Lipinski definition) is 4. The number of rotatable bonds is 6. The van der Waals surface area contributed by atoms with E-state index in [1.807, 2.05) is 18.2 Å². The first-order chi connectivity index (χ1) is 13.5. The van der Waals surface area contributed by atoms with Crippen LogP contribution in [0.5, 0.6) is 0 Å². The van der Waals surface area contributed by atoms with Crippen molar-refractivity contribution in [2.24, 2.45) is 5.92 Å². The Balaban J connectivity index is 1.52. The molecule has 0 aliphatic carbocycles. The predicted molar refractivity (Wildman–Crippen MR) is 104 cm³/mol. The molecule has 2 fully saturated rings. The van der Waals surface area contributed by atoms with E-state index in [0.717, 1.165) is 25.9 Å². The molecule has 0 bridgehead atoms. The SMILES string of the molecule is CN(CC(=O)N1CCC(C(=O)O)CC1)C(=O)C1CCCN1Cc1ccccc1. The molecule has 152 valence electrons. The largest absolute Gasteiger partial charge is 0.481 e. The number of likely N-dealkylation sites (N-methyl/N-ethyl adjacent to an activating group) is 1. The normalized spacial score (nSPS) is 20.9. The van der Waals surface area contributed by atoms with Gasteiger partial charge >= 0.3 is 5.97 Å². The van der Waals surface area contributed by atoms with Gasteiger partial charge in [-0.1, -0.05) is 30.3 Å². The lowest BCUT2D eigenvalue weighted by Gasteiger charge is -2.32. The van der Waals surface area contributed by atoms with Gasteiger partial charge in [0.2, 0.25) is 11.8 Å². The van der Waals surface area contributed by atoms with Crippen molar-refractivity contribution in [1.82, 2.24) is 14.7 Å².